The van der Waals surface area contributed by atoms with Crippen molar-refractivity contribution < 1.29 is 17.9 Å². The van der Waals surface area contributed by atoms with Crippen LogP contribution in [0.15, 0.2) is 42.5 Å². The van der Waals surface area contributed by atoms with Gasteiger partial charge in [0, 0.05) is 11.3 Å². The highest BCUT2D eigenvalue weighted by Gasteiger charge is 2.14. The fraction of sp³-hybridized carbons (Fsp3) is 0.200. The summed E-state index contributed by atoms with van der Waals surface area (Å²) < 4.78 is 42.6. The second-order valence-corrected chi connectivity index (χ2v) is 4.82. The largest absolute Gasteiger partial charge is 0.434 e. The van der Waals surface area contributed by atoms with E-state index in [0.717, 1.165) is 0 Å². The Balaban J connectivity index is 2.19. The first-order valence-electron chi connectivity index (χ1n) is 6.22. The summed E-state index contributed by atoms with van der Waals surface area (Å²) in [5.41, 5.74) is 1.05. The van der Waals surface area contributed by atoms with E-state index < -0.39 is 12.4 Å². The van der Waals surface area contributed by atoms with Crippen molar-refractivity contribution in [3.05, 3.63) is 58.9 Å². The minimum absolute atomic E-state index is 0.0228. The third kappa shape index (κ3) is 4.04. The molecule has 0 spiro atoms. The highest BCUT2D eigenvalue weighted by molar-refractivity contribution is 6.30. The lowest BCUT2D eigenvalue weighted by Crippen LogP contribution is -2.11. The van der Waals surface area contributed by atoms with Crippen molar-refractivity contribution >= 4 is 17.3 Å². The van der Waals surface area contributed by atoms with Crippen LogP contribution >= 0.6 is 11.6 Å². The zero-order chi connectivity index (χ0) is 15.4. The molecule has 1 unspecified atom stereocenters. The standard InChI is InChI=1S/C15H13ClF3NO/c1-9(20-10-6-7-12(16)13(17)8-10)11-4-2-3-5-14(11)21-15(18)19/h2-9,15,20H,1H3. The van der Waals surface area contributed by atoms with Gasteiger partial charge in [-0.25, -0.2) is 4.39 Å². The van der Waals surface area contributed by atoms with Gasteiger partial charge < -0.3 is 10.1 Å². The second kappa shape index (κ2) is 6.72. The van der Waals surface area contributed by atoms with Gasteiger partial charge in [0.1, 0.15) is 11.6 Å². The Morgan fingerprint density at radius 3 is 2.52 bits per heavy atom. The van der Waals surface area contributed by atoms with Gasteiger partial charge in [-0.15, -0.1) is 0 Å². The van der Waals surface area contributed by atoms with Gasteiger partial charge in [0.15, 0.2) is 0 Å². The molecule has 0 aliphatic heterocycles. The molecule has 0 saturated carbocycles. The Morgan fingerprint density at radius 1 is 1.14 bits per heavy atom. The average molecular weight is 316 g/mol. The van der Waals surface area contributed by atoms with Crippen LogP contribution in [0.1, 0.15) is 18.5 Å². The van der Waals surface area contributed by atoms with Crippen molar-refractivity contribution in [2.75, 3.05) is 5.32 Å². The summed E-state index contributed by atoms with van der Waals surface area (Å²) in [7, 11) is 0. The molecule has 0 heterocycles. The number of rotatable bonds is 5. The zero-order valence-electron chi connectivity index (χ0n) is 11.1. The molecule has 1 N–H and O–H groups in total. The maximum absolute atomic E-state index is 13.4. The van der Waals surface area contributed by atoms with Crippen molar-refractivity contribution in [1.29, 1.82) is 0 Å². The van der Waals surface area contributed by atoms with Crippen molar-refractivity contribution in [2.45, 2.75) is 19.6 Å². The summed E-state index contributed by atoms with van der Waals surface area (Å²) >= 11 is 5.61. The fourth-order valence-corrected chi connectivity index (χ4v) is 2.07. The Labute approximate surface area is 125 Å². The predicted octanol–water partition coefficient (Wildman–Crippen LogP) is 5.25. The third-order valence-electron chi connectivity index (χ3n) is 2.90. The van der Waals surface area contributed by atoms with E-state index in [1.54, 1.807) is 31.2 Å². The van der Waals surface area contributed by atoms with Gasteiger partial charge in [-0.05, 0) is 31.2 Å². The zero-order valence-corrected chi connectivity index (χ0v) is 11.9. The molecule has 6 heteroatoms. The topological polar surface area (TPSA) is 21.3 Å². The second-order valence-electron chi connectivity index (χ2n) is 4.41. The quantitative estimate of drug-likeness (QED) is 0.813. The molecular weight excluding hydrogens is 303 g/mol. The number of benzene rings is 2. The molecule has 2 aromatic rings. The lowest BCUT2D eigenvalue weighted by atomic mass is 10.1. The van der Waals surface area contributed by atoms with Crippen molar-refractivity contribution in [3.63, 3.8) is 0 Å². The molecule has 0 bridgehead atoms. The lowest BCUT2D eigenvalue weighted by Gasteiger charge is -2.19. The molecule has 1 atom stereocenters. The van der Waals surface area contributed by atoms with Crippen LogP contribution in [0.4, 0.5) is 18.9 Å². The molecule has 0 radical (unpaired) electrons. The summed E-state index contributed by atoms with van der Waals surface area (Å²) in [6, 6.07) is 10.4. The minimum atomic E-state index is -2.90. The molecule has 112 valence electrons. The van der Waals surface area contributed by atoms with Gasteiger partial charge in [0.05, 0.1) is 11.1 Å². The van der Waals surface area contributed by atoms with E-state index in [-0.39, 0.29) is 16.8 Å². The number of anilines is 1. The summed E-state index contributed by atoms with van der Waals surface area (Å²) in [5, 5.41) is 3.04. The van der Waals surface area contributed by atoms with Crippen LogP contribution in [-0.2, 0) is 0 Å². The number of halogens is 4. The summed E-state index contributed by atoms with van der Waals surface area (Å²) in [4.78, 5) is 0. The first-order chi connectivity index (χ1) is 9.97. The Morgan fingerprint density at radius 2 is 1.86 bits per heavy atom. The molecule has 2 aromatic carbocycles. The van der Waals surface area contributed by atoms with Gasteiger partial charge in [-0.2, -0.15) is 8.78 Å². The van der Waals surface area contributed by atoms with E-state index in [4.69, 9.17) is 11.6 Å². The molecule has 0 aromatic heterocycles. The molecular formula is C15H13ClF3NO. The third-order valence-corrected chi connectivity index (χ3v) is 3.21. The van der Waals surface area contributed by atoms with Crippen LogP contribution in [0.2, 0.25) is 5.02 Å². The van der Waals surface area contributed by atoms with E-state index in [0.29, 0.717) is 11.3 Å². The fourth-order valence-electron chi connectivity index (χ4n) is 1.96. The molecule has 0 saturated heterocycles. The lowest BCUT2D eigenvalue weighted by molar-refractivity contribution is -0.0505. The molecule has 0 aliphatic carbocycles. The van der Waals surface area contributed by atoms with Crippen LogP contribution in [0.5, 0.6) is 5.75 Å². The maximum Gasteiger partial charge on any atom is 0.387 e. The summed E-state index contributed by atoms with van der Waals surface area (Å²) in [6.07, 6.45) is 0. The Kier molecular flexibility index (Phi) is 4.96. The monoisotopic (exact) mass is 315 g/mol. The number of hydrogen-bond donors (Lipinski definition) is 1. The van der Waals surface area contributed by atoms with Gasteiger partial charge in [0.2, 0.25) is 0 Å². The predicted molar refractivity (Wildman–Crippen MR) is 76.5 cm³/mol. The van der Waals surface area contributed by atoms with Gasteiger partial charge in [0.25, 0.3) is 0 Å². The van der Waals surface area contributed by atoms with Crippen molar-refractivity contribution in [3.8, 4) is 5.75 Å². The van der Waals surface area contributed by atoms with E-state index in [2.05, 4.69) is 10.1 Å². The molecule has 0 fully saturated rings. The SMILES string of the molecule is CC(Nc1ccc(Cl)c(F)c1)c1ccccc1OC(F)F. The number of alkyl halides is 2. The molecule has 2 rings (SSSR count). The summed E-state index contributed by atoms with van der Waals surface area (Å²) in [5.74, 6) is -0.465. The number of nitrogens with one attached hydrogen (secondary N) is 1. The Hall–Kier alpha value is -1.88. The van der Waals surface area contributed by atoms with Crippen LogP contribution in [0, 0.1) is 5.82 Å². The van der Waals surface area contributed by atoms with E-state index in [1.165, 1.54) is 18.2 Å². The van der Waals surface area contributed by atoms with Crippen LogP contribution in [0.25, 0.3) is 0 Å². The van der Waals surface area contributed by atoms with Crippen LogP contribution in [-0.4, -0.2) is 6.61 Å². The normalized spacial score (nSPS) is 12.3. The van der Waals surface area contributed by atoms with Crippen LogP contribution < -0.4 is 10.1 Å². The maximum atomic E-state index is 13.4. The first-order valence-corrected chi connectivity index (χ1v) is 6.60. The van der Waals surface area contributed by atoms with E-state index in [1.807, 2.05) is 0 Å². The van der Waals surface area contributed by atoms with Crippen LogP contribution in [0.3, 0.4) is 0 Å². The first kappa shape index (κ1) is 15.5. The number of para-hydroxylation sites is 1. The van der Waals surface area contributed by atoms with Crippen molar-refractivity contribution in [2.24, 2.45) is 0 Å². The Bertz CT molecular complexity index is 622. The highest BCUT2D eigenvalue weighted by atomic mass is 35.5. The molecule has 0 amide bonds. The molecule has 2 nitrogen and oxygen atoms in total. The van der Waals surface area contributed by atoms with E-state index >= 15 is 0 Å². The minimum Gasteiger partial charge on any atom is -0.434 e. The number of ether oxygens (including phenoxy) is 1. The highest BCUT2D eigenvalue weighted by Crippen LogP contribution is 2.29. The van der Waals surface area contributed by atoms with Crippen molar-refractivity contribution in [1.82, 2.24) is 0 Å². The van der Waals surface area contributed by atoms with Gasteiger partial charge >= 0.3 is 6.61 Å². The molecule has 21 heavy (non-hydrogen) atoms. The van der Waals surface area contributed by atoms with Gasteiger partial charge in [-0.1, -0.05) is 29.8 Å². The van der Waals surface area contributed by atoms with E-state index in [9.17, 15) is 13.2 Å². The summed E-state index contributed by atoms with van der Waals surface area (Å²) in [6.45, 7) is -1.13. The number of hydrogen-bond acceptors (Lipinski definition) is 2. The van der Waals surface area contributed by atoms with Gasteiger partial charge in [-0.3, -0.25) is 0 Å². The molecule has 0 aliphatic rings. The smallest absolute Gasteiger partial charge is 0.387 e. The average Bonchev–Trinajstić information content (AvgIpc) is 2.43.